The van der Waals surface area contributed by atoms with Gasteiger partial charge in [0.2, 0.25) is 5.91 Å². The third kappa shape index (κ3) is 5.17. The molecule has 0 aliphatic carbocycles. The van der Waals surface area contributed by atoms with Gasteiger partial charge in [-0.3, -0.25) is 14.5 Å². The van der Waals surface area contributed by atoms with Crippen LogP contribution in [0.15, 0.2) is 87.9 Å². The summed E-state index contributed by atoms with van der Waals surface area (Å²) in [6.07, 6.45) is 0.303. The molecule has 1 aliphatic heterocycles. The van der Waals surface area contributed by atoms with Gasteiger partial charge in [0.05, 0.1) is 5.25 Å². The molecular weight excluding hydrogens is 541 g/mol. The van der Waals surface area contributed by atoms with E-state index in [-0.39, 0.29) is 16.5 Å². The molecule has 0 bridgehead atoms. The summed E-state index contributed by atoms with van der Waals surface area (Å²) in [5.74, 6) is -1.43. The third-order valence-corrected chi connectivity index (χ3v) is 7.22. The van der Waals surface area contributed by atoms with Crippen LogP contribution in [0, 0.1) is 17.1 Å². The smallest absolute Gasteiger partial charge is 0.269 e. The van der Waals surface area contributed by atoms with E-state index in [0.717, 1.165) is 21.8 Å². The number of nitrogens with one attached hydrogen (secondary N) is 1. The van der Waals surface area contributed by atoms with Crippen LogP contribution in [0.2, 0.25) is 5.02 Å². The molecule has 1 unspecified atom stereocenters. The predicted molar refractivity (Wildman–Crippen MR) is 136 cm³/mol. The maximum absolute atomic E-state index is 13.5. The quantitative estimate of drug-likeness (QED) is 0.295. The highest BCUT2D eigenvalue weighted by Crippen LogP contribution is 2.42. The summed E-state index contributed by atoms with van der Waals surface area (Å²) in [6, 6.07) is 21.3. The molecule has 1 aliphatic rings. The average molecular weight is 557 g/mol. The maximum Gasteiger partial charge on any atom is 0.269 e. The molecule has 1 N–H and O–H groups in total. The van der Waals surface area contributed by atoms with Crippen molar-refractivity contribution < 1.29 is 14.0 Å². The maximum atomic E-state index is 13.5. The Morgan fingerprint density at radius 2 is 1.79 bits per heavy atom. The number of rotatable bonds is 5. The van der Waals surface area contributed by atoms with Gasteiger partial charge >= 0.3 is 0 Å². The van der Waals surface area contributed by atoms with Crippen molar-refractivity contribution in [1.29, 1.82) is 5.26 Å². The topological polar surface area (TPSA) is 73.2 Å². The van der Waals surface area contributed by atoms with Crippen molar-refractivity contribution in [2.75, 3.05) is 10.2 Å². The molecule has 170 valence electrons. The van der Waals surface area contributed by atoms with Gasteiger partial charge in [-0.15, -0.1) is 0 Å². The molecule has 1 atom stereocenters. The van der Waals surface area contributed by atoms with E-state index < -0.39 is 17.0 Å². The van der Waals surface area contributed by atoms with Gasteiger partial charge < -0.3 is 5.32 Å². The molecule has 0 saturated carbocycles. The van der Waals surface area contributed by atoms with E-state index in [1.165, 1.54) is 29.2 Å². The van der Waals surface area contributed by atoms with E-state index in [2.05, 4.69) is 21.2 Å². The molecule has 3 aromatic carbocycles. The molecule has 4 rings (SSSR count). The largest absolute Gasteiger partial charge is 0.321 e. The van der Waals surface area contributed by atoms with E-state index in [4.69, 9.17) is 11.6 Å². The molecule has 34 heavy (non-hydrogen) atoms. The predicted octanol–water partition coefficient (Wildman–Crippen LogP) is 6.31. The Hall–Kier alpha value is -3.12. The van der Waals surface area contributed by atoms with Crippen molar-refractivity contribution in [2.24, 2.45) is 0 Å². The summed E-state index contributed by atoms with van der Waals surface area (Å²) in [4.78, 5) is 27.8. The fourth-order valence-electron chi connectivity index (χ4n) is 3.40. The average Bonchev–Trinajstić information content (AvgIpc) is 3.13. The van der Waals surface area contributed by atoms with Crippen molar-refractivity contribution in [2.45, 2.75) is 11.7 Å². The second kappa shape index (κ2) is 10.4. The van der Waals surface area contributed by atoms with Crippen LogP contribution in [-0.4, -0.2) is 17.1 Å². The zero-order valence-corrected chi connectivity index (χ0v) is 20.6. The zero-order chi connectivity index (χ0) is 24.2. The highest BCUT2D eigenvalue weighted by Gasteiger charge is 2.41. The van der Waals surface area contributed by atoms with Gasteiger partial charge in [0.15, 0.2) is 0 Å². The molecule has 0 spiro atoms. The number of nitrogens with zero attached hydrogens (tertiary/aromatic N) is 2. The van der Waals surface area contributed by atoms with Gasteiger partial charge in [-0.1, -0.05) is 57.5 Å². The first-order valence-corrected chi connectivity index (χ1v) is 12.1. The van der Waals surface area contributed by atoms with Crippen molar-refractivity contribution in [3.8, 4) is 6.07 Å². The fourth-order valence-corrected chi connectivity index (χ4v) is 5.18. The number of amides is 2. The first kappa shape index (κ1) is 24.0. The molecule has 0 radical (unpaired) electrons. The Bertz CT molecular complexity index is 1320. The van der Waals surface area contributed by atoms with Crippen LogP contribution in [0.3, 0.4) is 0 Å². The molecule has 0 aromatic heterocycles. The third-order valence-electron chi connectivity index (χ3n) is 5.06. The second-order valence-corrected chi connectivity index (χ2v) is 9.82. The van der Waals surface area contributed by atoms with E-state index in [9.17, 15) is 19.2 Å². The van der Waals surface area contributed by atoms with Gasteiger partial charge in [0.1, 0.15) is 22.5 Å². The Labute approximate surface area is 213 Å². The van der Waals surface area contributed by atoms with Crippen LogP contribution in [0.1, 0.15) is 5.56 Å². The Kier molecular flexibility index (Phi) is 7.37. The van der Waals surface area contributed by atoms with Gasteiger partial charge in [0, 0.05) is 20.9 Å². The number of halogens is 3. The van der Waals surface area contributed by atoms with Crippen LogP contribution in [0.5, 0.6) is 0 Å². The summed E-state index contributed by atoms with van der Waals surface area (Å²) in [5, 5.41) is 12.7. The molecule has 1 saturated heterocycles. The van der Waals surface area contributed by atoms with Crippen LogP contribution < -0.4 is 10.2 Å². The lowest BCUT2D eigenvalue weighted by Crippen LogP contribution is -2.31. The molecular formula is C25H16BrClFN3O2S. The molecule has 3 aromatic rings. The SMILES string of the molecule is N#C/C(C(=O)Nc1ccc(Br)cc1)=C1/SC(Cc2ccccc2Cl)C(=O)N1c1ccc(F)cc1. The summed E-state index contributed by atoms with van der Waals surface area (Å²) in [5.41, 5.74) is 1.41. The number of anilines is 2. The summed E-state index contributed by atoms with van der Waals surface area (Å²) < 4.78 is 14.4. The number of hydrogen-bond donors (Lipinski definition) is 1. The summed E-state index contributed by atoms with van der Waals surface area (Å²) >= 11 is 10.7. The summed E-state index contributed by atoms with van der Waals surface area (Å²) in [7, 11) is 0. The molecule has 1 heterocycles. The number of carbonyl (C=O) groups excluding carboxylic acids is 2. The number of benzene rings is 3. The number of nitriles is 1. The Morgan fingerprint density at radius 1 is 1.12 bits per heavy atom. The minimum atomic E-state index is -0.648. The highest BCUT2D eigenvalue weighted by atomic mass is 79.9. The van der Waals surface area contributed by atoms with Gasteiger partial charge in [-0.05, 0) is 66.6 Å². The van der Waals surface area contributed by atoms with E-state index >= 15 is 0 Å². The molecule has 9 heteroatoms. The Balaban J connectivity index is 1.73. The van der Waals surface area contributed by atoms with Gasteiger partial charge in [-0.25, -0.2) is 4.39 Å². The first-order valence-electron chi connectivity index (χ1n) is 10.1. The lowest BCUT2D eigenvalue weighted by Gasteiger charge is -2.18. The lowest BCUT2D eigenvalue weighted by molar-refractivity contribution is -0.117. The monoisotopic (exact) mass is 555 g/mol. The first-order chi connectivity index (χ1) is 16.4. The minimum Gasteiger partial charge on any atom is -0.321 e. The minimum absolute atomic E-state index is 0.186. The fraction of sp³-hybridized carbons (Fsp3) is 0.0800. The van der Waals surface area contributed by atoms with Crippen LogP contribution in [-0.2, 0) is 16.0 Å². The summed E-state index contributed by atoms with van der Waals surface area (Å²) in [6.45, 7) is 0. The number of hydrogen-bond acceptors (Lipinski definition) is 4. The van der Waals surface area contributed by atoms with Crippen molar-refractivity contribution >= 4 is 62.5 Å². The zero-order valence-electron chi connectivity index (χ0n) is 17.5. The molecule has 5 nitrogen and oxygen atoms in total. The van der Waals surface area contributed by atoms with E-state index in [1.807, 2.05) is 18.2 Å². The number of carbonyl (C=O) groups is 2. The van der Waals surface area contributed by atoms with Crippen molar-refractivity contribution in [1.82, 2.24) is 0 Å². The number of thioether (sulfide) groups is 1. The van der Waals surface area contributed by atoms with Gasteiger partial charge in [-0.2, -0.15) is 5.26 Å². The van der Waals surface area contributed by atoms with Gasteiger partial charge in [0.25, 0.3) is 5.91 Å². The lowest BCUT2D eigenvalue weighted by atomic mass is 10.1. The van der Waals surface area contributed by atoms with Crippen LogP contribution >= 0.6 is 39.3 Å². The van der Waals surface area contributed by atoms with Crippen molar-refractivity contribution in [3.05, 3.63) is 104 Å². The molecule has 2 amide bonds. The van der Waals surface area contributed by atoms with E-state index in [0.29, 0.717) is 22.8 Å². The van der Waals surface area contributed by atoms with E-state index in [1.54, 1.807) is 36.4 Å². The van der Waals surface area contributed by atoms with Crippen LogP contribution in [0.25, 0.3) is 0 Å². The van der Waals surface area contributed by atoms with Crippen molar-refractivity contribution in [3.63, 3.8) is 0 Å². The highest BCUT2D eigenvalue weighted by molar-refractivity contribution is 9.10. The standard InChI is InChI=1S/C25H16BrClFN3O2S/c26-16-5-9-18(10-6-16)30-23(32)20(14-29)25-31(19-11-7-17(28)8-12-19)24(33)22(34-25)13-15-3-1-2-4-21(15)27/h1-12,22H,13H2,(H,30,32)/b25-20-. The molecule has 1 fully saturated rings. The normalized spacial score (nSPS) is 16.8. The second-order valence-electron chi connectivity index (χ2n) is 7.31. The van der Waals surface area contributed by atoms with Crippen LogP contribution in [0.4, 0.5) is 15.8 Å². The Morgan fingerprint density at radius 3 is 2.44 bits per heavy atom.